The van der Waals surface area contributed by atoms with Crippen LogP contribution >= 0.6 is 11.6 Å². The molecule has 2 heterocycles. The number of anilines is 1. The minimum Gasteiger partial charge on any atom is -0.381 e. The van der Waals surface area contributed by atoms with E-state index in [1.165, 1.54) is 6.07 Å². The number of hydrogen-bond acceptors (Lipinski definition) is 6. The van der Waals surface area contributed by atoms with E-state index in [-0.39, 0.29) is 21.1 Å². The number of carbonyl (C=O) groups is 1. The third-order valence-electron chi connectivity index (χ3n) is 5.73. The lowest BCUT2D eigenvalue weighted by Gasteiger charge is -2.26. The number of hydrogen-bond donors (Lipinski definition) is 1. The molecule has 1 atom stereocenters. The number of halogens is 1. The molecule has 30 heavy (non-hydrogen) atoms. The number of aryl methyl sites for hydroxylation is 1. The van der Waals surface area contributed by atoms with Gasteiger partial charge < -0.3 is 14.6 Å². The highest BCUT2D eigenvalue weighted by atomic mass is 35.5. The van der Waals surface area contributed by atoms with E-state index in [1.54, 1.807) is 25.1 Å². The Morgan fingerprint density at radius 3 is 2.57 bits per heavy atom. The highest BCUT2D eigenvalue weighted by Crippen LogP contribution is 2.38. The summed E-state index contributed by atoms with van der Waals surface area (Å²) in [6.45, 7) is 3.11. The first-order valence-corrected chi connectivity index (χ1v) is 12.1. The van der Waals surface area contributed by atoms with Gasteiger partial charge in [-0.3, -0.25) is 4.79 Å². The van der Waals surface area contributed by atoms with Crippen molar-refractivity contribution in [2.24, 2.45) is 5.92 Å². The maximum atomic E-state index is 13.1. The van der Waals surface area contributed by atoms with Gasteiger partial charge in [0, 0.05) is 19.3 Å². The predicted molar refractivity (Wildman–Crippen MR) is 112 cm³/mol. The van der Waals surface area contributed by atoms with Crippen molar-refractivity contribution in [3.8, 4) is 0 Å². The van der Waals surface area contributed by atoms with Crippen molar-refractivity contribution < 1.29 is 22.5 Å². The molecular weight excluding hydrogens is 428 g/mol. The molecule has 1 amide bonds. The molecule has 0 unspecified atom stereocenters. The second-order valence-electron chi connectivity index (χ2n) is 8.09. The van der Waals surface area contributed by atoms with Crippen molar-refractivity contribution in [2.45, 2.75) is 55.1 Å². The molecule has 2 fully saturated rings. The number of ether oxygens (including phenoxy) is 1. The zero-order valence-electron chi connectivity index (χ0n) is 16.8. The Labute approximate surface area is 181 Å². The summed E-state index contributed by atoms with van der Waals surface area (Å²) >= 11 is 6.38. The molecule has 2 aliphatic rings. The van der Waals surface area contributed by atoms with Gasteiger partial charge in [-0.2, -0.15) is 0 Å². The van der Waals surface area contributed by atoms with E-state index in [2.05, 4.69) is 10.5 Å². The molecule has 9 heteroatoms. The Bertz CT molecular complexity index is 1030. The van der Waals surface area contributed by atoms with Crippen LogP contribution in [-0.4, -0.2) is 37.9 Å². The molecule has 1 saturated carbocycles. The smallest absolute Gasteiger partial charge is 0.233 e. The Morgan fingerprint density at radius 2 is 1.97 bits per heavy atom. The van der Waals surface area contributed by atoms with Gasteiger partial charge in [-0.05, 0) is 62.6 Å². The summed E-state index contributed by atoms with van der Waals surface area (Å²) in [6, 6.07) is 6.52. The molecule has 1 saturated heterocycles. The molecule has 7 nitrogen and oxygen atoms in total. The van der Waals surface area contributed by atoms with Crippen LogP contribution in [0, 0.1) is 12.8 Å². The summed E-state index contributed by atoms with van der Waals surface area (Å²) < 4.78 is 35.7. The van der Waals surface area contributed by atoms with E-state index in [0.29, 0.717) is 55.5 Å². The lowest BCUT2D eigenvalue weighted by molar-refractivity contribution is -0.118. The Morgan fingerprint density at radius 1 is 1.23 bits per heavy atom. The Kier molecular flexibility index (Phi) is 6.18. The number of rotatable bonds is 7. The molecule has 1 aliphatic heterocycles. The number of aromatic nitrogens is 1. The van der Waals surface area contributed by atoms with E-state index in [9.17, 15) is 13.2 Å². The maximum Gasteiger partial charge on any atom is 0.233 e. The van der Waals surface area contributed by atoms with Crippen molar-refractivity contribution in [1.82, 2.24) is 5.16 Å². The molecule has 0 spiro atoms. The van der Waals surface area contributed by atoms with E-state index in [1.807, 2.05) is 0 Å². The van der Waals surface area contributed by atoms with Crippen molar-refractivity contribution in [1.29, 1.82) is 0 Å². The molecule has 1 aliphatic carbocycles. The lowest BCUT2D eigenvalue weighted by atomic mass is 9.84. The van der Waals surface area contributed by atoms with Crippen LogP contribution in [0.2, 0.25) is 5.02 Å². The molecule has 0 bridgehead atoms. The minimum atomic E-state index is -3.40. The van der Waals surface area contributed by atoms with Gasteiger partial charge in [-0.15, -0.1) is 0 Å². The van der Waals surface area contributed by atoms with Gasteiger partial charge in [0.1, 0.15) is 5.76 Å². The largest absolute Gasteiger partial charge is 0.381 e. The van der Waals surface area contributed by atoms with Gasteiger partial charge in [0.05, 0.1) is 21.1 Å². The molecule has 1 aromatic carbocycles. The third kappa shape index (κ3) is 4.71. The third-order valence-corrected chi connectivity index (χ3v) is 8.48. The summed E-state index contributed by atoms with van der Waals surface area (Å²) in [4.78, 5) is 13.3. The van der Waals surface area contributed by atoms with Crippen LogP contribution in [0.3, 0.4) is 0 Å². The Hall–Kier alpha value is -1.90. The molecule has 0 radical (unpaired) electrons. The number of sulfone groups is 1. The second kappa shape index (κ2) is 8.69. The highest BCUT2D eigenvalue weighted by Gasteiger charge is 2.38. The van der Waals surface area contributed by atoms with Crippen LogP contribution in [-0.2, 0) is 19.4 Å². The number of carbonyl (C=O) groups excluding carboxylic acids is 1. The topological polar surface area (TPSA) is 98.5 Å². The molecule has 162 valence electrons. The van der Waals surface area contributed by atoms with E-state index in [0.717, 1.165) is 12.8 Å². The monoisotopic (exact) mass is 452 g/mol. The van der Waals surface area contributed by atoms with Crippen LogP contribution in [0.1, 0.15) is 49.3 Å². The summed E-state index contributed by atoms with van der Waals surface area (Å²) in [6.07, 6.45) is 3.74. The van der Waals surface area contributed by atoms with Crippen molar-refractivity contribution in [3.05, 3.63) is 40.6 Å². The van der Waals surface area contributed by atoms with Crippen LogP contribution < -0.4 is 5.32 Å². The first-order chi connectivity index (χ1) is 14.3. The summed E-state index contributed by atoms with van der Waals surface area (Å²) in [7, 11) is -3.40. The van der Waals surface area contributed by atoms with Crippen molar-refractivity contribution in [3.63, 3.8) is 0 Å². The number of amides is 1. The fourth-order valence-electron chi connectivity index (χ4n) is 3.87. The van der Waals surface area contributed by atoms with E-state index < -0.39 is 15.8 Å². The molecule has 2 aromatic rings. The van der Waals surface area contributed by atoms with E-state index in [4.69, 9.17) is 20.9 Å². The average molecular weight is 453 g/mol. The zero-order chi connectivity index (χ0) is 21.3. The zero-order valence-corrected chi connectivity index (χ0v) is 18.3. The van der Waals surface area contributed by atoms with Crippen LogP contribution in [0.25, 0.3) is 0 Å². The van der Waals surface area contributed by atoms with Gasteiger partial charge in [0.2, 0.25) is 5.91 Å². The summed E-state index contributed by atoms with van der Waals surface area (Å²) in [5.74, 6) is 0.587. The summed E-state index contributed by atoms with van der Waals surface area (Å²) in [5, 5.41) is 6.48. The first kappa shape index (κ1) is 21.3. The highest BCUT2D eigenvalue weighted by molar-refractivity contribution is 7.92. The minimum absolute atomic E-state index is 0.146. The summed E-state index contributed by atoms with van der Waals surface area (Å²) in [5.41, 5.74) is 0.693. The van der Waals surface area contributed by atoms with Crippen LogP contribution in [0.15, 0.2) is 33.7 Å². The molecular formula is C21H25ClN2O5S. The quantitative estimate of drug-likeness (QED) is 0.678. The van der Waals surface area contributed by atoms with Crippen LogP contribution in [0.5, 0.6) is 0 Å². The number of nitrogens with one attached hydrogen (secondary N) is 1. The van der Waals surface area contributed by atoms with Gasteiger partial charge in [-0.25, -0.2) is 8.42 Å². The van der Waals surface area contributed by atoms with Crippen LogP contribution in [0.4, 0.5) is 5.82 Å². The van der Waals surface area contributed by atoms with Gasteiger partial charge in [0.15, 0.2) is 15.7 Å². The van der Waals surface area contributed by atoms with Crippen molar-refractivity contribution >= 4 is 33.2 Å². The normalized spacial score (nSPS) is 18.9. The molecule has 1 aromatic heterocycles. The fourth-order valence-corrected chi connectivity index (χ4v) is 6.09. The first-order valence-electron chi connectivity index (χ1n) is 10.2. The van der Waals surface area contributed by atoms with E-state index >= 15 is 0 Å². The standard InChI is InChI=1S/C21H25ClN2O5S/c1-13-10-20(24-29-13)23-21(25)17(11-14-6-8-28-9-7-14)15-2-5-19(18(22)12-15)30(26,27)16-3-4-16/h2,5,10,12,14,16-17H,3-4,6-9,11H2,1H3,(H,23,24,25)/t17-/m1/s1. The number of benzene rings is 1. The van der Waals surface area contributed by atoms with Gasteiger partial charge >= 0.3 is 0 Å². The Balaban J connectivity index is 1.60. The fraction of sp³-hybridized carbons (Fsp3) is 0.524. The molecule has 4 rings (SSSR count). The number of nitrogens with zero attached hydrogens (tertiary/aromatic N) is 1. The van der Waals surface area contributed by atoms with Crippen molar-refractivity contribution in [2.75, 3.05) is 18.5 Å². The van der Waals surface area contributed by atoms with Gasteiger partial charge in [0.25, 0.3) is 0 Å². The van der Waals surface area contributed by atoms with Gasteiger partial charge in [-0.1, -0.05) is 22.8 Å². The lowest BCUT2D eigenvalue weighted by Crippen LogP contribution is -2.26. The SMILES string of the molecule is Cc1cc(NC(=O)[C@H](CC2CCOCC2)c2ccc(S(=O)(=O)C3CC3)c(Cl)c2)no1. The second-order valence-corrected chi connectivity index (χ2v) is 10.7. The molecule has 1 N–H and O–H groups in total. The predicted octanol–water partition coefficient (Wildman–Crippen LogP) is 4.11. The average Bonchev–Trinajstić information content (AvgIpc) is 3.50. The maximum absolute atomic E-state index is 13.1.